The van der Waals surface area contributed by atoms with Crippen molar-refractivity contribution in [1.82, 2.24) is 0 Å². The molecule has 0 spiro atoms. The number of allylic oxidation sites excluding steroid dienone is 1. The van der Waals surface area contributed by atoms with Crippen molar-refractivity contribution < 1.29 is 14.5 Å². The largest absolute Gasteiger partial charge is 0.496 e. The van der Waals surface area contributed by atoms with E-state index in [-0.39, 0.29) is 11.5 Å². The molecule has 5 nitrogen and oxygen atoms in total. The number of nitro benzene ring substituents is 1. The van der Waals surface area contributed by atoms with Crippen molar-refractivity contribution in [2.24, 2.45) is 0 Å². The van der Waals surface area contributed by atoms with Gasteiger partial charge in [0.05, 0.1) is 12.0 Å². The molecule has 0 radical (unpaired) electrons. The molecule has 0 saturated carbocycles. The Labute approximate surface area is 144 Å². The van der Waals surface area contributed by atoms with E-state index in [4.69, 9.17) is 4.74 Å². The van der Waals surface area contributed by atoms with E-state index in [0.717, 1.165) is 16.3 Å². The third-order valence-corrected chi connectivity index (χ3v) is 3.90. The van der Waals surface area contributed by atoms with Gasteiger partial charge >= 0.3 is 0 Å². The highest BCUT2D eigenvalue weighted by Gasteiger charge is 2.10. The minimum atomic E-state index is -0.456. The second-order valence-electron chi connectivity index (χ2n) is 5.41. The molecule has 3 aromatic rings. The van der Waals surface area contributed by atoms with Crippen molar-refractivity contribution in [2.75, 3.05) is 7.11 Å². The second kappa shape index (κ2) is 6.97. The molecule has 3 aromatic carbocycles. The van der Waals surface area contributed by atoms with Gasteiger partial charge in [0.2, 0.25) is 0 Å². The smallest absolute Gasteiger partial charge is 0.269 e. The lowest BCUT2D eigenvalue weighted by molar-refractivity contribution is -0.384. The summed E-state index contributed by atoms with van der Waals surface area (Å²) < 4.78 is 5.34. The first-order valence-corrected chi connectivity index (χ1v) is 7.63. The molecular weight excluding hydrogens is 318 g/mol. The van der Waals surface area contributed by atoms with E-state index in [1.807, 2.05) is 24.3 Å². The Kier molecular flexibility index (Phi) is 4.57. The van der Waals surface area contributed by atoms with E-state index in [9.17, 15) is 14.9 Å². The monoisotopic (exact) mass is 333 g/mol. The molecule has 0 unspecified atom stereocenters. The van der Waals surface area contributed by atoms with Crippen LogP contribution in [0.3, 0.4) is 0 Å². The number of rotatable bonds is 5. The average molecular weight is 333 g/mol. The zero-order valence-electron chi connectivity index (χ0n) is 13.5. The Bertz CT molecular complexity index is 975. The molecule has 0 aromatic heterocycles. The fourth-order valence-corrected chi connectivity index (χ4v) is 2.63. The van der Waals surface area contributed by atoms with Crippen LogP contribution in [0.2, 0.25) is 0 Å². The van der Waals surface area contributed by atoms with Crippen molar-refractivity contribution >= 4 is 28.3 Å². The fourth-order valence-electron chi connectivity index (χ4n) is 2.63. The SMILES string of the molecule is COc1ccc(C(=O)/C=C/c2ccc([N+](=O)[O-])cc2)c2ccccc12. The minimum Gasteiger partial charge on any atom is -0.496 e. The van der Waals surface area contributed by atoms with Gasteiger partial charge in [-0.3, -0.25) is 14.9 Å². The van der Waals surface area contributed by atoms with Crippen molar-refractivity contribution in [2.45, 2.75) is 0 Å². The molecule has 0 N–H and O–H groups in total. The van der Waals surface area contributed by atoms with Crippen LogP contribution in [0.5, 0.6) is 5.75 Å². The van der Waals surface area contributed by atoms with Crippen LogP contribution in [0.25, 0.3) is 16.8 Å². The molecule has 0 aliphatic carbocycles. The van der Waals surface area contributed by atoms with Crippen LogP contribution in [-0.4, -0.2) is 17.8 Å². The standard InChI is InChI=1S/C20H15NO4/c1-25-20-13-11-17(16-4-2-3-5-18(16)20)19(22)12-8-14-6-9-15(10-7-14)21(23)24/h2-13H,1H3/b12-8+. The number of methoxy groups -OCH3 is 1. The van der Waals surface area contributed by atoms with Gasteiger partial charge in [0.25, 0.3) is 5.69 Å². The summed E-state index contributed by atoms with van der Waals surface area (Å²) in [4.78, 5) is 22.8. The zero-order chi connectivity index (χ0) is 17.8. The lowest BCUT2D eigenvalue weighted by Gasteiger charge is -2.08. The van der Waals surface area contributed by atoms with Gasteiger partial charge in [0.1, 0.15) is 5.75 Å². The minimum absolute atomic E-state index is 0.0182. The molecule has 0 bridgehead atoms. The Morgan fingerprint density at radius 2 is 1.68 bits per heavy atom. The third kappa shape index (κ3) is 3.40. The maximum atomic E-state index is 12.6. The fraction of sp³-hybridized carbons (Fsp3) is 0.0500. The summed E-state index contributed by atoms with van der Waals surface area (Å²) >= 11 is 0. The van der Waals surface area contributed by atoms with E-state index in [1.165, 1.54) is 18.2 Å². The van der Waals surface area contributed by atoms with E-state index >= 15 is 0 Å². The highest BCUT2D eigenvalue weighted by atomic mass is 16.6. The molecule has 0 aliphatic heterocycles. The molecule has 0 atom stereocenters. The first kappa shape index (κ1) is 16.4. The number of carbonyl (C=O) groups excluding carboxylic acids is 1. The Morgan fingerprint density at radius 1 is 1.00 bits per heavy atom. The van der Waals surface area contributed by atoms with Crippen LogP contribution in [0.15, 0.2) is 66.7 Å². The quantitative estimate of drug-likeness (QED) is 0.295. The van der Waals surface area contributed by atoms with Gasteiger partial charge in [-0.05, 0) is 41.3 Å². The molecule has 25 heavy (non-hydrogen) atoms. The van der Waals surface area contributed by atoms with Crippen LogP contribution in [0.4, 0.5) is 5.69 Å². The third-order valence-electron chi connectivity index (χ3n) is 3.90. The van der Waals surface area contributed by atoms with Gasteiger partial charge < -0.3 is 4.74 Å². The van der Waals surface area contributed by atoms with Crippen LogP contribution < -0.4 is 4.74 Å². The molecule has 124 valence electrons. The number of ketones is 1. The number of non-ortho nitro benzene ring substituents is 1. The number of benzene rings is 3. The Balaban J connectivity index is 1.91. The number of carbonyl (C=O) groups is 1. The summed E-state index contributed by atoms with van der Waals surface area (Å²) in [6, 6.07) is 17.1. The normalized spacial score (nSPS) is 10.9. The summed E-state index contributed by atoms with van der Waals surface area (Å²) in [6.45, 7) is 0. The summed E-state index contributed by atoms with van der Waals surface area (Å²) in [5.41, 5.74) is 1.32. The summed E-state index contributed by atoms with van der Waals surface area (Å²) in [6.07, 6.45) is 3.11. The number of hydrogen-bond acceptors (Lipinski definition) is 4. The number of ether oxygens (including phenoxy) is 1. The van der Waals surface area contributed by atoms with Gasteiger partial charge in [-0.15, -0.1) is 0 Å². The lowest BCUT2D eigenvalue weighted by atomic mass is 10.00. The molecule has 0 aliphatic rings. The average Bonchev–Trinajstić information content (AvgIpc) is 2.65. The highest BCUT2D eigenvalue weighted by Crippen LogP contribution is 2.28. The summed E-state index contributed by atoms with van der Waals surface area (Å²) in [7, 11) is 1.60. The molecule has 0 heterocycles. The van der Waals surface area contributed by atoms with Crippen LogP contribution >= 0.6 is 0 Å². The van der Waals surface area contributed by atoms with E-state index < -0.39 is 4.92 Å². The topological polar surface area (TPSA) is 69.4 Å². The first-order chi connectivity index (χ1) is 12.1. The molecule has 0 amide bonds. The van der Waals surface area contributed by atoms with Gasteiger partial charge in [0, 0.05) is 23.1 Å². The van der Waals surface area contributed by atoms with E-state index in [0.29, 0.717) is 11.3 Å². The van der Waals surface area contributed by atoms with Crippen LogP contribution in [-0.2, 0) is 0 Å². The molecule has 3 rings (SSSR count). The summed E-state index contributed by atoms with van der Waals surface area (Å²) in [5.74, 6) is 0.573. The van der Waals surface area contributed by atoms with Gasteiger partial charge in [-0.25, -0.2) is 0 Å². The van der Waals surface area contributed by atoms with E-state index in [2.05, 4.69) is 0 Å². The number of nitrogens with zero attached hydrogens (tertiary/aromatic N) is 1. The highest BCUT2D eigenvalue weighted by molar-refractivity contribution is 6.15. The molecular formula is C20H15NO4. The van der Waals surface area contributed by atoms with Gasteiger partial charge in [0.15, 0.2) is 5.78 Å². The Hall–Kier alpha value is -3.47. The first-order valence-electron chi connectivity index (χ1n) is 7.63. The number of nitro groups is 1. The van der Waals surface area contributed by atoms with E-state index in [1.54, 1.807) is 37.5 Å². The van der Waals surface area contributed by atoms with Crippen molar-refractivity contribution in [3.05, 3.63) is 88.0 Å². The molecule has 0 fully saturated rings. The maximum Gasteiger partial charge on any atom is 0.269 e. The van der Waals surface area contributed by atoms with Crippen LogP contribution in [0.1, 0.15) is 15.9 Å². The lowest BCUT2D eigenvalue weighted by Crippen LogP contribution is -1.97. The Morgan fingerprint density at radius 3 is 2.32 bits per heavy atom. The molecule has 0 saturated heterocycles. The predicted octanol–water partition coefficient (Wildman–Crippen LogP) is 4.65. The van der Waals surface area contributed by atoms with Crippen LogP contribution in [0, 0.1) is 10.1 Å². The maximum absolute atomic E-state index is 12.6. The second-order valence-corrected chi connectivity index (χ2v) is 5.41. The van der Waals surface area contributed by atoms with Crippen molar-refractivity contribution in [3.63, 3.8) is 0 Å². The number of hydrogen-bond donors (Lipinski definition) is 0. The van der Waals surface area contributed by atoms with Gasteiger partial charge in [-0.2, -0.15) is 0 Å². The van der Waals surface area contributed by atoms with Gasteiger partial charge in [-0.1, -0.05) is 30.3 Å². The summed E-state index contributed by atoms with van der Waals surface area (Å²) in [5, 5.41) is 12.4. The van der Waals surface area contributed by atoms with Crippen molar-refractivity contribution in [3.8, 4) is 5.75 Å². The predicted molar refractivity (Wildman–Crippen MR) is 97.0 cm³/mol. The number of fused-ring (bicyclic) bond motifs is 1. The van der Waals surface area contributed by atoms with Crippen molar-refractivity contribution in [1.29, 1.82) is 0 Å². The zero-order valence-corrected chi connectivity index (χ0v) is 13.5. The molecule has 5 heteroatoms.